The zero-order valence-electron chi connectivity index (χ0n) is 6.70. The summed E-state index contributed by atoms with van der Waals surface area (Å²) in [5.74, 6) is 0. The highest BCUT2D eigenvalue weighted by molar-refractivity contribution is 4.87. The molecule has 1 aliphatic carbocycles. The van der Waals surface area contributed by atoms with Gasteiger partial charge in [0, 0.05) is 19.1 Å². The van der Waals surface area contributed by atoms with Crippen LogP contribution in [-0.4, -0.2) is 48.5 Å². The van der Waals surface area contributed by atoms with Crippen LogP contribution in [0.1, 0.15) is 12.8 Å². The molecule has 0 aromatic carbocycles. The summed E-state index contributed by atoms with van der Waals surface area (Å²) in [6.07, 6.45) is 1.92. The van der Waals surface area contributed by atoms with Crippen LogP contribution in [0.2, 0.25) is 0 Å². The van der Waals surface area contributed by atoms with Crippen LogP contribution < -0.4 is 0 Å². The molecule has 0 aromatic heterocycles. The zero-order valence-corrected chi connectivity index (χ0v) is 6.70. The van der Waals surface area contributed by atoms with Crippen molar-refractivity contribution in [3.05, 3.63) is 0 Å². The fraction of sp³-hybridized carbons (Fsp3) is 1.00. The molecule has 1 saturated carbocycles. The first-order valence-corrected chi connectivity index (χ1v) is 4.36. The SMILES string of the molecule is O[C@H]1C[C@H](N2CCOCC2)C1. The van der Waals surface area contributed by atoms with E-state index in [-0.39, 0.29) is 6.10 Å². The van der Waals surface area contributed by atoms with Crippen molar-refractivity contribution in [1.82, 2.24) is 4.90 Å². The lowest BCUT2D eigenvalue weighted by molar-refractivity contribution is -0.0451. The normalized spacial score (nSPS) is 40.1. The van der Waals surface area contributed by atoms with Gasteiger partial charge in [0.25, 0.3) is 0 Å². The van der Waals surface area contributed by atoms with Gasteiger partial charge in [0.05, 0.1) is 19.3 Å². The van der Waals surface area contributed by atoms with E-state index in [0.717, 1.165) is 39.1 Å². The lowest BCUT2D eigenvalue weighted by Crippen LogP contribution is -2.51. The van der Waals surface area contributed by atoms with Gasteiger partial charge in [-0.2, -0.15) is 0 Å². The Morgan fingerprint density at radius 2 is 1.82 bits per heavy atom. The van der Waals surface area contributed by atoms with Crippen molar-refractivity contribution in [2.75, 3.05) is 26.3 Å². The van der Waals surface area contributed by atoms with Crippen molar-refractivity contribution in [3.8, 4) is 0 Å². The van der Waals surface area contributed by atoms with Gasteiger partial charge < -0.3 is 9.84 Å². The van der Waals surface area contributed by atoms with Gasteiger partial charge in [-0.3, -0.25) is 4.90 Å². The first-order valence-electron chi connectivity index (χ1n) is 4.36. The first kappa shape index (κ1) is 7.53. The van der Waals surface area contributed by atoms with Gasteiger partial charge >= 0.3 is 0 Å². The number of hydrogen-bond donors (Lipinski definition) is 1. The van der Waals surface area contributed by atoms with Crippen molar-refractivity contribution in [2.24, 2.45) is 0 Å². The Hall–Kier alpha value is -0.120. The van der Waals surface area contributed by atoms with Crippen molar-refractivity contribution in [1.29, 1.82) is 0 Å². The summed E-state index contributed by atoms with van der Waals surface area (Å²) < 4.78 is 5.24. The van der Waals surface area contributed by atoms with E-state index >= 15 is 0 Å². The number of morpholine rings is 1. The molecule has 0 aromatic rings. The van der Waals surface area contributed by atoms with Gasteiger partial charge in [-0.25, -0.2) is 0 Å². The maximum atomic E-state index is 9.09. The molecule has 1 heterocycles. The van der Waals surface area contributed by atoms with Gasteiger partial charge in [-0.15, -0.1) is 0 Å². The number of aliphatic hydroxyl groups is 1. The lowest BCUT2D eigenvalue weighted by Gasteiger charge is -2.42. The third-order valence-electron chi connectivity index (χ3n) is 2.65. The van der Waals surface area contributed by atoms with Crippen LogP contribution >= 0.6 is 0 Å². The molecule has 64 valence electrons. The van der Waals surface area contributed by atoms with Crippen LogP contribution in [0, 0.1) is 0 Å². The Kier molecular flexibility index (Phi) is 2.11. The second-order valence-electron chi connectivity index (χ2n) is 3.43. The Balaban J connectivity index is 1.76. The number of hydrogen-bond acceptors (Lipinski definition) is 3. The third kappa shape index (κ3) is 1.55. The molecule has 0 bridgehead atoms. The van der Waals surface area contributed by atoms with Gasteiger partial charge in [-0.1, -0.05) is 0 Å². The molecule has 2 fully saturated rings. The number of aliphatic hydroxyl groups excluding tert-OH is 1. The molecule has 0 spiro atoms. The van der Waals surface area contributed by atoms with Crippen molar-refractivity contribution >= 4 is 0 Å². The summed E-state index contributed by atoms with van der Waals surface area (Å²) in [4.78, 5) is 2.43. The summed E-state index contributed by atoms with van der Waals surface area (Å²) in [7, 11) is 0. The molecule has 2 rings (SSSR count). The fourth-order valence-electron chi connectivity index (χ4n) is 1.80. The first-order chi connectivity index (χ1) is 5.36. The molecule has 3 heteroatoms. The van der Waals surface area contributed by atoms with Crippen LogP contribution in [0.4, 0.5) is 0 Å². The molecule has 1 aliphatic heterocycles. The third-order valence-corrected chi connectivity index (χ3v) is 2.65. The van der Waals surface area contributed by atoms with E-state index < -0.39 is 0 Å². The average Bonchev–Trinajstić information content (AvgIpc) is 2.01. The van der Waals surface area contributed by atoms with Crippen molar-refractivity contribution in [3.63, 3.8) is 0 Å². The molecular formula is C8H15NO2. The molecule has 0 radical (unpaired) electrons. The minimum absolute atomic E-state index is 0.0251. The molecule has 3 nitrogen and oxygen atoms in total. The van der Waals surface area contributed by atoms with Crippen LogP contribution in [-0.2, 0) is 4.74 Å². The second kappa shape index (κ2) is 3.09. The predicted molar refractivity (Wildman–Crippen MR) is 41.4 cm³/mol. The van der Waals surface area contributed by atoms with E-state index in [0.29, 0.717) is 6.04 Å². The summed E-state index contributed by atoms with van der Waals surface area (Å²) in [5.41, 5.74) is 0. The second-order valence-corrected chi connectivity index (χ2v) is 3.43. The molecule has 2 aliphatic rings. The van der Waals surface area contributed by atoms with E-state index in [1.165, 1.54) is 0 Å². The zero-order chi connectivity index (χ0) is 7.68. The summed E-state index contributed by atoms with van der Waals surface area (Å²) in [5, 5.41) is 9.09. The quantitative estimate of drug-likeness (QED) is 0.574. The van der Waals surface area contributed by atoms with Gasteiger partial charge in [0.2, 0.25) is 0 Å². The van der Waals surface area contributed by atoms with E-state index in [4.69, 9.17) is 9.84 Å². The fourth-order valence-corrected chi connectivity index (χ4v) is 1.80. The summed E-state index contributed by atoms with van der Waals surface area (Å²) >= 11 is 0. The van der Waals surface area contributed by atoms with Crippen molar-refractivity contribution in [2.45, 2.75) is 25.0 Å². The maximum absolute atomic E-state index is 9.09. The maximum Gasteiger partial charge on any atom is 0.0594 e. The lowest BCUT2D eigenvalue weighted by atomic mass is 9.88. The summed E-state index contributed by atoms with van der Waals surface area (Å²) in [6, 6.07) is 0.647. The van der Waals surface area contributed by atoms with E-state index in [9.17, 15) is 0 Å². The van der Waals surface area contributed by atoms with Crippen LogP contribution in [0.15, 0.2) is 0 Å². The highest BCUT2D eigenvalue weighted by Gasteiger charge is 2.32. The number of rotatable bonds is 1. The topological polar surface area (TPSA) is 32.7 Å². The van der Waals surface area contributed by atoms with Crippen LogP contribution in [0.5, 0.6) is 0 Å². The molecule has 0 atom stereocenters. The largest absolute Gasteiger partial charge is 0.393 e. The average molecular weight is 157 g/mol. The highest BCUT2D eigenvalue weighted by Crippen LogP contribution is 2.25. The Morgan fingerprint density at radius 1 is 1.18 bits per heavy atom. The smallest absolute Gasteiger partial charge is 0.0594 e. The predicted octanol–water partition coefficient (Wildman–Crippen LogP) is -0.158. The van der Waals surface area contributed by atoms with Crippen LogP contribution in [0.3, 0.4) is 0 Å². The Labute approximate surface area is 66.9 Å². The molecule has 0 amide bonds. The number of ether oxygens (including phenoxy) is 1. The standard InChI is InChI=1S/C8H15NO2/c10-8-5-7(6-8)9-1-3-11-4-2-9/h7-8,10H,1-6H2/t7-,8-. The van der Waals surface area contributed by atoms with Crippen LogP contribution in [0.25, 0.3) is 0 Å². The molecule has 1 saturated heterocycles. The Bertz CT molecular complexity index is 128. The Morgan fingerprint density at radius 3 is 2.36 bits per heavy atom. The van der Waals surface area contributed by atoms with E-state index in [1.807, 2.05) is 0 Å². The minimum Gasteiger partial charge on any atom is -0.393 e. The molecule has 1 N–H and O–H groups in total. The molecule has 0 unspecified atom stereocenters. The molecular weight excluding hydrogens is 142 g/mol. The van der Waals surface area contributed by atoms with E-state index in [1.54, 1.807) is 0 Å². The monoisotopic (exact) mass is 157 g/mol. The summed E-state index contributed by atoms with van der Waals surface area (Å²) in [6.45, 7) is 3.84. The van der Waals surface area contributed by atoms with E-state index in [2.05, 4.69) is 4.90 Å². The number of nitrogens with zero attached hydrogens (tertiary/aromatic N) is 1. The van der Waals surface area contributed by atoms with Gasteiger partial charge in [-0.05, 0) is 12.8 Å². The highest BCUT2D eigenvalue weighted by atomic mass is 16.5. The van der Waals surface area contributed by atoms with Gasteiger partial charge in [0.15, 0.2) is 0 Å². The molecule has 11 heavy (non-hydrogen) atoms. The van der Waals surface area contributed by atoms with Gasteiger partial charge in [0.1, 0.15) is 0 Å². The minimum atomic E-state index is -0.0251. The van der Waals surface area contributed by atoms with Crippen molar-refractivity contribution < 1.29 is 9.84 Å².